The van der Waals surface area contributed by atoms with Crippen molar-refractivity contribution in [1.82, 2.24) is 4.90 Å². The molecule has 2 aliphatic heterocycles. The van der Waals surface area contributed by atoms with Gasteiger partial charge in [-0.2, -0.15) is 0 Å². The molecule has 0 radical (unpaired) electrons. The first kappa shape index (κ1) is 21.3. The van der Waals surface area contributed by atoms with Gasteiger partial charge in [0.2, 0.25) is 0 Å². The largest absolute Gasteiger partial charge is 0.494 e. The number of rotatable bonds is 4. The topological polar surface area (TPSA) is 81.5 Å². The number of hydrogen-bond donors (Lipinski definition) is 0. The minimum Gasteiger partial charge on any atom is -0.494 e. The van der Waals surface area contributed by atoms with E-state index in [1.54, 1.807) is 15.9 Å². The zero-order valence-corrected chi connectivity index (χ0v) is 18.7. The van der Waals surface area contributed by atoms with E-state index in [0.29, 0.717) is 49.9 Å². The van der Waals surface area contributed by atoms with Gasteiger partial charge in [0.25, 0.3) is 11.8 Å². The second kappa shape index (κ2) is 8.78. The number of anilines is 1. The Kier molecular flexibility index (Phi) is 5.68. The summed E-state index contributed by atoms with van der Waals surface area (Å²) in [6.45, 7) is 6.46. The standard InChI is InChI=1S/C25H26N2O6/c1-3-31-17-8-9-20-18(14-17)16(2)23(33-20)25(29)27-15-22(24(28)26-10-12-30-13-11-26)32-21-7-5-4-6-19(21)27/h4-9,14,22H,3,10-13,15H2,1-2H3. The Labute approximate surface area is 191 Å². The maximum Gasteiger partial charge on any atom is 0.294 e. The minimum atomic E-state index is -0.795. The number of fused-ring (bicyclic) bond motifs is 2. The van der Waals surface area contributed by atoms with Crippen molar-refractivity contribution >= 4 is 28.5 Å². The van der Waals surface area contributed by atoms with Crippen LogP contribution in [0.3, 0.4) is 0 Å². The van der Waals surface area contributed by atoms with Gasteiger partial charge in [-0.1, -0.05) is 12.1 Å². The molecule has 0 N–H and O–H groups in total. The number of morpholine rings is 1. The van der Waals surface area contributed by atoms with Crippen molar-refractivity contribution in [2.45, 2.75) is 20.0 Å². The lowest BCUT2D eigenvalue weighted by Crippen LogP contribution is -2.54. The molecule has 1 fully saturated rings. The molecule has 3 aromatic rings. The summed E-state index contributed by atoms with van der Waals surface area (Å²) < 4.78 is 22.9. The molecule has 0 saturated carbocycles. The molecular weight excluding hydrogens is 424 g/mol. The first-order valence-electron chi connectivity index (χ1n) is 11.2. The van der Waals surface area contributed by atoms with Gasteiger partial charge in [-0.25, -0.2) is 0 Å². The van der Waals surface area contributed by atoms with Crippen LogP contribution in [0.4, 0.5) is 5.69 Å². The Morgan fingerprint density at radius 3 is 2.70 bits per heavy atom. The molecule has 2 aromatic carbocycles. The van der Waals surface area contributed by atoms with Crippen LogP contribution in [0.15, 0.2) is 46.9 Å². The molecule has 0 aliphatic carbocycles. The van der Waals surface area contributed by atoms with E-state index in [9.17, 15) is 9.59 Å². The van der Waals surface area contributed by atoms with Crippen molar-refractivity contribution in [1.29, 1.82) is 0 Å². The van der Waals surface area contributed by atoms with E-state index < -0.39 is 6.10 Å². The van der Waals surface area contributed by atoms with E-state index in [-0.39, 0.29) is 24.1 Å². The number of hydrogen-bond acceptors (Lipinski definition) is 6. The van der Waals surface area contributed by atoms with Gasteiger partial charge in [0.05, 0.1) is 32.1 Å². The van der Waals surface area contributed by atoms with Gasteiger partial charge in [-0.05, 0) is 44.2 Å². The van der Waals surface area contributed by atoms with Crippen molar-refractivity contribution < 1.29 is 28.2 Å². The summed E-state index contributed by atoms with van der Waals surface area (Å²) in [5.41, 5.74) is 1.96. The molecule has 0 bridgehead atoms. The predicted octanol–water partition coefficient (Wildman–Crippen LogP) is 3.41. The Morgan fingerprint density at radius 1 is 1.12 bits per heavy atom. The Morgan fingerprint density at radius 2 is 1.91 bits per heavy atom. The summed E-state index contributed by atoms with van der Waals surface area (Å²) >= 11 is 0. The number of amides is 2. The van der Waals surface area contributed by atoms with Crippen LogP contribution in [-0.4, -0.2) is 62.3 Å². The van der Waals surface area contributed by atoms with Crippen LogP contribution in [0.25, 0.3) is 11.0 Å². The third kappa shape index (κ3) is 3.91. The zero-order valence-electron chi connectivity index (χ0n) is 18.7. The molecule has 1 unspecified atom stereocenters. The third-order valence-corrected chi connectivity index (χ3v) is 6.03. The molecule has 8 heteroatoms. The Balaban J connectivity index is 1.48. The normalized spacial score (nSPS) is 18.1. The first-order valence-corrected chi connectivity index (χ1v) is 11.2. The molecule has 5 rings (SSSR count). The number of carbonyl (C=O) groups is 2. The number of carbonyl (C=O) groups excluding carboxylic acids is 2. The molecule has 0 spiro atoms. The van der Waals surface area contributed by atoms with E-state index >= 15 is 0 Å². The summed E-state index contributed by atoms with van der Waals surface area (Å²) in [6.07, 6.45) is -0.795. The van der Waals surface area contributed by atoms with Crippen molar-refractivity contribution in [2.24, 2.45) is 0 Å². The molecule has 33 heavy (non-hydrogen) atoms. The molecule has 1 atom stereocenters. The number of ether oxygens (including phenoxy) is 3. The highest BCUT2D eigenvalue weighted by Gasteiger charge is 2.38. The summed E-state index contributed by atoms with van der Waals surface area (Å²) in [5, 5.41) is 0.826. The molecule has 8 nitrogen and oxygen atoms in total. The molecule has 3 heterocycles. The second-order valence-corrected chi connectivity index (χ2v) is 8.07. The first-order chi connectivity index (χ1) is 16.1. The van der Waals surface area contributed by atoms with Crippen LogP contribution in [-0.2, 0) is 9.53 Å². The second-order valence-electron chi connectivity index (χ2n) is 8.07. The van der Waals surface area contributed by atoms with E-state index in [4.69, 9.17) is 18.6 Å². The maximum absolute atomic E-state index is 13.7. The average molecular weight is 450 g/mol. The summed E-state index contributed by atoms with van der Waals surface area (Å²) in [5.74, 6) is 1.01. The van der Waals surface area contributed by atoms with Gasteiger partial charge < -0.3 is 23.5 Å². The smallest absolute Gasteiger partial charge is 0.294 e. The highest BCUT2D eigenvalue weighted by atomic mass is 16.5. The lowest BCUT2D eigenvalue weighted by molar-refractivity contribution is -0.142. The van der Waals surface area contributed by atoms with E-state index in [2.05, 4.69) is 0 Å². The van der Waals surface area contributed by atoms with Gasteiger partial charge in [0, 0.05) is 24.0 Å². The fraction of sp³-hybridized carbons (Fsp3) is 0.360. The van der Waals surface area contributed by atoms with Crippen LogP contribution in [0.5, 0.6) is 11.5 Å². The summed E-state index contributed by atoms with van der Waals surface area (Å²) in [6, 6.07) is 12.8. The Hall–Kier alpha value is -3.52. The van der Waals surface area contributed by atoms with Crippen molar-refractivity contribution in [2.75, 3.05) is 44.4 Å². The predicted molar refractivity (Wildman–Crippen MR) is 122 cm³/mol. The summed E-state index contributed by atoms with van der Waals surface area (Å²) in [4.78, 5) is 30.2. The molecule has 172 valence electrons. The van der Waals surface area contributed by atoms with Gasteiger partial charge in [-0.15, -0.1) is 0 Å². The van der Waals surface area contributed by atoms with Crippen LogP contribution in [0.1, 0.15) is 23.0 Å². The number of benzene rings is 2. The lowest BCUT2D eigenvalue weighted by atomic mass is 10.1. The summed E-state index contributed by atoms with van der Waals surface area (Å²) in [7, 11) is 0. The SMILES string of the molecule is CCOc1ccc2oc(C(=O)N3CC(C(=O)N4CCOCC4)Oc4ccccc43)c(C)c2c1. The van der Waals surface area contributed by atoms with Gasteiger partial charge in [-0.3, -0.25) is 14.5 Å². The molecule has 2 aliphatic rings. The third-order valence-electron chi connectivity index (χ3n) is 6.03. The molecule has 1 saturated heterocycles. The number of aryl methyl sites for hydroxylation is 1. The van der Waals surface area contributed by atoms with Crippen LogP contribution >= 0.6 is 0 Å². The van der Waals surface area contributed by atoms with Gasteiger partial charge >= 0.3 is 0 Å². The van der Waals surface area contributed by atoms with Crippen LogP contribution in [0, 0.1) is 6.92 Å². The lowest BCUT2D eigenvalue weighted by Gasteiger charge is -2.37. The molecule has 1 aromatic heterocycles. The highest BCUT2D eigenvalue weighted by molar-refractivity contribution is 6.09. The van der Waals surface area contributed by atoms with Gasteiger partial charge in [0.1, 0.15) is 17.1 Å². The fourth-order valence-corrected chi connectivity index (χ4v) is 4.33. The van der Waals surface area contributed by atoms with Crippen LogP contribution < -0.4 is 14.4 Å². The van der Waals surface area contributed by atoms with E-state index in [1.165, 1.54) is 0 Å². The quantitative estimate of drug-likeness (QED) is 0.606. The highest BCUT2D eigenvalue weighted by Crippen LogP contribution is 2.36. The molecule has 2 amide bonds. The van der Waals surface area contributed by atoms with E-state index in [0.717, 1.165) is 16.7 Å². The number of para-hydroxylation sites is 2. The number of nitrogens with zero attached hydrogens (tertiary/aromatic N) is 2. The van der Waals surface area contributed by atoms with Crippen molar-refractivity contribution in [3.63, 3.8) is 0 Å². The Bertz CT molecular complexity index is 1200. The fourth-order valence-electron chi connectivity index (χ4n) is 4.33. The van der Waals surface area contributed by atoms with Crippen molar-refractivity contribution in [3.8, 4) is 11.5 Å². The van der Waals surface area contributed by atoms with E-state index in [1.807, 2.05) is 50.2 Å². The minimum absolute atomic E-state index is 0.104. The molecular formula is C25H26N2O6. The number of furan rings is 1. The van der Waals surface area contributed by atoms with Crippen molar-refractivity contribution in [3.05, 3.63) is 53.8 Å². The monoisotopic (exact) mass is 450 g/mol. The van der Waals surface area contributed by atoms with Gasteiger partial charge in [0.15, 0.2) is 11.9 Å². The average Bonchev–Trinajstić information content (AvgIpc) is 3.19. The zero-order chi connectivity index (χ0) is 22.9. The van der Waals surface area contributed by atoms with Crippen LogP contribution in [0.2, 0.25) is 0 Å². The maximum atomic E-state index is 13.7.